The van der Waals surface area contributed by atoms with Crippen molar-refractivity contribution in [3.63, 3.8) is 0 Å². The molecule has 0 aliphatic carbocycles. The standard InChI is InChI=1S/C15H14N2O4/c1-9(18)11-3-5-12(6-4-11)17-15(20)13-7-8-14(21-13)16-10(2)19/h3-8H,1-2H3,(H,16,19)(H,17,20). The number of rotatable bonds is 4. The summed E-state index contributed by atoms with van der Waals surface area (Å²) in [5.41, 5.74) is 1.11. The molecular weight excluding hydrogens is 272 g/mol. The Morgan fingerprint density at radius 1 is 0.905 bits per heavy atom. The average Bonchev–Trinajstić information content (AvgIpc) is 2.87. The lowest BCUT2D eigenvalue weighted by Gasteiger charge is -2.04. The third-order valence-corrected chi connectivity index (χ3v) is 2.68. The fourth-order valence-electron chi connectivity index (χ4n) is 1.68. The number of carbonyl (C=O) groups excluding carboxylic acids is 3. The molecule has 2 amide bonds. The first kappa shape index (κ1) is 14.5. The van der Waals surface area contributed by atoms with Crippen molar-refractivity contribution in [1.29, 1.82) is 0 Å². The Morgan fingerprint density at radius 2 is 1.57 bits per heavy atom. The van der Waals surface area contributed by atoms with Gasteiger partial charge in [0.15, 0.2) is 17.4 Å². The lowest BCUT2D eigenvalue weighted by Crippen LogP contribution is -2.11. The Labute approximate surface area is 121 Å². The molecule has 0 atom stereocenters. The minimum atomic E-state index is -0.442. The summed E-state index contributed by atoms with van der Waals surface area (Å²) in [6.45, 7) is 2.82. The molecule has 2 N–H and O–H groups in total. The van der Waals surface area contributed by atoms with E-state index in [2.05, 4.69) is 10.6 Å². The summed E-state index contributed by atoms with van der Waals surface area (Å²) in [5.74, 6) is -0.480. The molecule has 2 aromatic rings. The molecule has 6 heteroatoms. The van der Waals surface area contributed by atoms with Gasteiger partial charge >= 0.3 is 0 Å². The Balaban J connectivity index is 2.05. The van der Waals surface area contributed by atoms with Crippen LogP contribution in [0.4, 0.5) is 11.6 Å². The molecule has 0 radical (unpaired) electrons. The van der Waals surface area contributed by atoms with E-state index in [9.17, 15) is 14.4 Å². The maximum Gasteiger partial charge on any atom is 0.291 e. The van der Waals surface area contributed by atoms with Crippen LogP contribution in [-0.4, -0.2) is 17.6 Å². The SMILES string of the molecule is CC(=O)Nc1ccc(C(=O)Nc2ccc(C(C)=O)cc2)o1. The molecule has 0 unspecified atom stereocenters. The molecule has 0 aliphatic heterocycles. The van der Waals surface area contributed by atoms with Crippen LogP contribution in [0.3, 0.4) is 0 Å². The first-order valence-corrected chi connectivity index (χ1v) is 6.25. The number of hydrogen-bond acceptors (Lipinski definition) is 4. The number of hydrogen-bond donors (Lipinski definition) is 2. The second-order valence-corrected chi connectivity index (χ2v) is 4.43. The zero-order valence-corrected chi connectivity index (χ0v) is 11.6. The van der Waals surface area contributed by atoms with Crippen LogP contribution in [0.1, 0.15) is 34.8 Å². The summed E-state index contributed by atoms with van der Waals surface area (Å²) in [6, 6.07) is 9.48. The molecule has 1 aromatic carbocycles. The smallest absolute Gasteiger partial charge is 0.291 e. The van der Waals surface area contributed by atoms with E-state index in [1.807, 2.05) is 0 Å². The maximum atomic E-state index is 11.9. The second-order valence-electron chi connectivity index (χ2n) is 4.43. The highest BCUT2D eigenvalue weighted by atomic mass is 16.4. The monoisotopic (exact) mass is 286 g/mol. The van der Waals surface area contributed by atoms with Crippen molar-refractivity contribution >= 4 is 29.2 Å². The minimum absolute atomic E-state index is 0.0427. The normalized spacial score (nSPS) is 10.0. The summed E-state index contributed by atoms with van der Waals surface area (Å²) in [7, 11) is 0. The summed E-state index contributed by atoms with van der Waals surface area (Å²) in [4.78, 5) is 34.0. The highest BCUT2D eigenvalue weighted by molar-refractivity contribution is 6.03. The molecule has 0 bridgehead atoms. The first-order valence-electron chi connectivity index (χ1n) is 6.25. The molecule has 0 saturated heterocycles. The van der Waals surface area contributed by atoms with E-state index in [-0.39, 0.29) is 23.3 Å². The number of furan rings is 1. The molecule has 6 nitrogen and oxygen atoms in total. The van der Waals surface area contributed by atoms with Gasteiger partial charge < -0.3 is 9.73 Å². The van der Waals surface area contributed by atoms with Gasteiger partial charge in [0.05, 0.1) is 0 Å². The number of Topliss-reactive ketones (excluding diaryl/α,β-unsaturated/α-hetero) is 1. The number of carbonyl (C=O) groups is 3. The van der Waals surface area contributed by atoms with Gasteiger partial charge in [0.2, 0.25) is 5.91 Å². The van der Waals surface area contributed by atoms with Crippen LogP contribution >= 0.6 is 0 Å². The topological polar surface area (TPSA) is 88.4 Å². The van der Waals surface area contributed by atoms with E-state index < -0.39 is 5.91 Å². The first-order chi connectivity index (χ1) is 9.95. The van der Waals surface area contributed by atoms with Crippen LogP contribution in [0.15, 0.2) is 40.8 Å². The van der Waals surface area contributed by atoms with E-state index in [0.29, 0.717) is 11.3 Å². The molecule has 0 spiro atoms. The number of benzene rings is 1. The number of anilines is 2. The van der Waals surface area contributed by atoms with E-state index in [0.717, 1.165) is 0 Å². The van der Waals surface area contributed by atoms with Gasteiger partial charge in [-0.1, -0.05) is 0 Å². The average molecular weight is 286 g/mol. The lowest BCUT2D eigenvalue weighted by molar-refractivity contribution is -0.114. The van der Waals surface area contributed by atoms with Crippen molar-refractivity contribution in [3.05, 3.63) is 47.7 Å². The van der Waals surface area contributed by atoms with Crippen LogP contribution in [0.2, 0.25) is 0 Å². The Kier molecular flexibility index (Phi) is 4.18. The molecule has 2 rings (SSSR count). The summed E-state index contributed by atoms with van der Waals surface area (Å²) >= 11 is 0. The van der Waals surface area contributed by atoms with Gasteiger partial charge in [-0.15, -0.1) is 0 Å². The van der Waals surface area contributed by atoms with Gasteiger partial charge in [-0.25, -0.2) is 0 Å². The van der Waals surface area contributed by atoms with Crippen molar-refractivity contribution in [2.24, 2.45) is 0 Å². The van der Waals surface area contributed by atoms with Crippen molar-refractivity contribution in [1.82, 2.24) is 0 Å². The Hall–Kier alpha value is -2.89. The Morgan fingerprint density at radius 3 is 2.14 bits per heavy atom. The van der Waals surface area contributed by atoms with Gasteiger partial charge in [0.1, 0.15) is 0 Å². The van der Waals surface area contributed by atoms with E-state index in [1.54, 1.807) is 24.3 Å². The lowest BCUT2D eigenvalue weighted by atomic mass is 10.1. The van der Waals surface area contributed by atoms with Crippen molar-refractivity contribution in [2.75, 3.05) is 10.6 Å². The maximum absolute atomic E-state index is 11.9. The highest BCUT2D eigenvalue weighted by Crippen LogP contribution is 2.16. The predicted molar refractivity (Wildman–Crippen MR) is 77.4 cm³/mol. The zero-order chi connectivity index (χ0) is 15.4. The molecular formula is C15H14N2O4. The van der Waals surface area contributed by atoms with Crippen LogP contribution < -0.4 is 10.6 Å². The Bertz CT molecular complexity index is 686. The van der Waals surface area contributed by atoms with Gasteiger partial charge in [-0.05, 0) is 37.3 Å². The van der Waals surface area contributed by atoms with E-state index in [4.69, 9.17) is 4.42 Å². The van der Waals surface area contributed by atoms with E-state index >= 15 is 0 Å². The third-order valence-electron chi connectivity index (χ3n) is 2.68. The van der Waals surface area contributed by atoms with Crippen molar-refractivity contribution in [3.8, 4) is 0 Å². The number of nitrogens with one attached hydrogen (secondary N) is 2. The summed E-state index contributed by atoms with van der Waals surface area (Å²) in [5, 5.41) is 5.08. The predicted octanol–water partition coefficient (Wildman–Crippen LogP) is 2.69. The minimum Gasteiger partial charge on any atom is -0.435 e. The fraction of sp³-hybridized carbons (Fsp3) is 0.133. The van der Waals surface area contributed by atoms with Crippen molar-refractivity contribution < 1.29 is 18.8 Å². The summed E-state index contributed by atoms with van der Waals surface area (Å²) < 4.78 is 5.19. The quantitative estimate of drug-likeness (QED) is 0.846. The largest absolute Gasteiger partial charge is 0.435 e. The highest BCUT2D eigenvalue weighted by Gasteiger charge is 2.12. The molecule has 1 heterocycles. The molecule has 21 heavy (non-hydrogen) atoms. The van der Waals surface area contributed by atoms with Crippen LogP contribution in [-0.2, 0) is 4.79 Å². The van der Waals surface area contributed by atoms with Crippen LogP contribution in [0.5, 0.6) is 0 Å². The molecule has 0 aliphatic rings. The van der Waals surface area contributed by atoms with Gasteiger partial charge in [0.25, 0.3) is 5.91 Å². The van der Waals surface area contributed by atoms with Crippen molar-refractivity contribution in [2.45, 2.75) is 13.8 Å². The van der Waals surface area contributed by atoms with Gasteiger partial charge in [-0.2, -0.15) is 0 Å². The fourth-order valence-corrected chi connectivity index (χ4v) is 1.68. The number of ketones is 1. The molecule has 0 saturated carbocycles. The zero-order valence-electron chi connectivity index (χ0n) is 11.6. The van der Waals surface area contributed by atoms with Gasteiger partial charge in [0, 0.05) is 24.2 Å². The third kappa shape index (κ3) is 3.79. The van der Waals surface area contributed by atoms with Crippen LogP contribution in [0.25, 0.3) is 0 Å². The molecule has 1 aromatic heterocycles. The van der Waals surface area contributed by atoms with Crippen LogP contribution in [0, 0.1) is 0 Å². The second kappa shape index (κ2) is 6.04. The summed E-state index contributed by atoms with van der Waals surface area (Å²) in [6.07, 6.45) is 0. The molecule has 108 valence electrons. The molecule has 0 fully saturated rings. The van der Waals surface area contributed by atoms with E-state index in [1.165, 1.54) is 26.0 Å². The van der Waals surface area contributed by atoms with Gasteiger partial charge in [-0.3, -0.25) is 19.7 Å². The number of amides is 2.